The number of anilines is 5. The molecule has 49 heavy (non-hydrogen) atoms. The van der Waals surface area contributed by atoms with Crippen LogP contribution in [0.4, 0.5) is 28.7 Å². The number of piperazine rings is 1. The average Bonchev–Trinajstić information content (AvgIpc) is 3.84. The molecule has 7 rings (SSSR count). The first-order chi connectivity index (χ1) is 23.8. The maximum absolute atomic E-state index is 12.6. The fourth-order valence-electron chi connectivity index (χ4n) is 7.77. The largest absolute Gasteiger partial charge is 0.494 e. The molecule has 0 radical (unpaired) electrons. The summed E-state index contributed by atoms with van der Waals surface area (Å²) in [6, 6.07) is 13.7. The Hall–Kier alpha value is -3.90. The lowest BCUT2D eigenvalue weighted by Crippen LogP contribution is -2.57. The zero-order valence-corrected chi connectivity index (χ0v) is 29.5. The van der Waals surface area contributed by atoms with E-state index in [0.29, 0.717) is 47.5 Å². The van der Waals surface area contributed by atoms with Gasteiger partial charge >= 0.3 is 0 Å². The summed E-state index contributed by atoms with van der Waals surface area (Å²) in [6.07, 6.45) is 8.49. The van der Waals surface area contributed by atoms with Crippen LogP contribution in [0.25, 0.3) is 0 Å². The van der Waals surface area contributed by atoms with Crippen molar-refractivity contribution >= 4 is 46.2 Å². The zero-order valence-electron chi connectivity index (χ0n) is 28.7. The predicted molar refractivity (Wildman–Crippen MR) is 195 cm³/mol. The predicted octanol–water partition coefficient (Wildman–Crippen LogP) is 6.34. The van der Waals surface area contributed by atoms with Gasteiger partial charge in [0.05, 0.1) is 36.8 Å². The number of nitrogens with one attached hydrogen (secondary N) is 2. The number of hydroxylamine groups is 1. The standard InChI is InChI=1S/C37H47ClN8O3/c1-5-37(47)42-30-19-31(41-35-21-36(40-23-39-35)46-32(13-18-49-46)28-7-6-8-29(38)25(28)3)34(48-4)20-33(30)43-14-11-26(12-15-43)44-16-17-45(24(2)22-44)27-9-10-27/h5-8,19-21,23-24,26-27,32H,1,9-18,22H2,2-4H3,(H,42,47)(H,39,40,41). The molecule has 1 aromatic heterocycles. The highest BCUT2D eigenvalue weighted by Crippen LogP contribution is 2.41. The van der Waals surface area contributed by atoms with E-state index >= 15 is 0 Å². The summed E-state index contributed by atoms with van der Waals surface area (Å²) in [5, 5.41) is 9.01. The second kappa shape index (κ2) is 14.5. The highest BCUT2D eigenvalue weighted by molar-refractivity contribution is 6.31. The van der Waals surface area contributed by atoms with Crippen molar-refractivity contribution < 1.29 is 14.4 Å². The number of halogens is 1. The highest BCUT2D eigenvalue weighted by Gasteiger charge is 2.38. The molecule has 3 aliphatic heterocycles. The lowest BCUT2D eigenvalue weighted by molar-refractivity contribution is -0.111. The number of aromatic nitrogens is 2. The molecule has 4 heterocycles. The minimum atomic E-state index is -0.271. The molecule has 3 aromatic rings. The first-order valence-corrected chi connectivity index (χ1v) is 17.9. The Morgan fingerprint density at radius 1 is 1.04 bits per heavy atom. The van der Waals surface area contributed by atoms with Gasteiger partial charge < -0.3 is 20.3 Å². The molecule has 0 spiro atoms. The lowest BCUT2D eigenvalue weighted by atomic mass is 9.99. The van der Waals surface area contributed by atoms with Gasteiger partial charge in [0.15, 0.2) is 5.82 Å². The summed E-state index contributed by atoms with van der Waals surface area (Å²) < 4.78 is 5.90. The number of nitrogens with zero attached hydrogens (tertiary/aromatic N) is 6. The first kappa shape index (κ1) is 33.6. The van der Waals surface area contributed by atoms with Crippen LogP contribution in [0.5, 0.6) is 5.75 Å². The number of ether oxygens (including phenoxy) is 1. The van der Waals surface area contributed by atoms with E-state index < -0.39 is 0 Å². The van der Waals surface area contributed by atoms with Crippen LogP contribution in [0.1, 0.15) is 56.2 Å². The summed E-state index contributed by atoms with van der Waals surface area (Å²) in [6.45, 7) is 13.9. The van der Waals surface area contributed by atoms with Gasteiger partial charge in [-0.3, -0.25) is 19.4 Å². The van der Waals surface area contributed by atoms with Crippen LogP contribution < -0.4 is 25.3 Å². The van der Waals surface area contributed by atoms with Crippen molar-refractivity contribution in [3.05, 3.63) is 71.5 Å². The quantitative estimate of drug-likeness (QED) is 0.235. The van der Waals surface area contributed by atoms with E-state index in [9.17, 15) is 4.79 Å². The Bertz CT molecular complexity index is 1680. The molecular weight excluding hydrogens is 640 g/mol. The monoisotopic (exact) mass is 686 g/mol. The minimum absolute atomic E-state index is 0.0316. The van der Waals surface area contributed by atoms with Crippen molar-refractivity contribution in [3.8, 4) is 5.75 Å². The van der Waals surface area contributed by atoms with Crippen molar-refractivity contribution in [2.45, 2.75) is 70.1 Å². The van der Waals surface area contributed by atoms with Gasteiger partial charge in [0, 0.05) is 74.4 Å². The van der Waals surface area contributed by atoms with E-state index in [-0.39, 0.29) is 11.9 Å². The summed E-state index contributed by atoms with van der Waals surface area (Å²) in [7, 11) is 1.66. The summed E-state index contributed by atoms with van der Waals surface area (Å²) >= 11 is 6.46. The van der Waals surface area contributed by atoms with Gasteiger partial charge in [-0.1, -0.05) is 30.3 Å². The molecular formula is C37H47ClN8O3. The molecule has 2 N–H and O–H groups in total. The molecule has 1 aliphatic carbocycles. The van der Waals surface area contributed by atoms with Crippen LogP contribution in [0.2, 0.25) is 5.02 Å². The molecule has 4 aliphatic rings. The molecule has 0 bridgehead atoms. The van der Waals surface area contributed by atoms with E-state index in [1.807, 2.05) is 42.3 Å². The van der Waals surface area contributed by atoms with Gasteiger partial charge in [0.25, 0.3) is 0 Å². The number of piperidine rings is 1. The number of hydrogen-bond donors (Lipinski definition) is 2. The van der Waals surface area contributed by atoms with Crippen molar-refractivity contribution in [2.75, 3.05) is 67.0 Å². The third-order valence-electron chi connectivity index (χ3n) is 10.5. The topological polar surface area (TPSA) is 98.3 Å². The van der Waals surface area contributed by atoms with E-state index in [1.165, 1.54) is 31.8 Å². The molecule has 260 valence electrons. The molecule has 2 unspecified atom stereocenters. The maximum atomic E-state index is 12.6. The third-order valence-corrected chi connectivity index (χ3v) is 10.9. The zero-order chi connectivity index (χ0) is 34.1. The number of benzene rings is 2. The molecule has 1 amide bonds. The molecule has 2 atom stereocenters. The number of carbonyl (C=O) groups excluding carboxylic acids is 1. The van der Waals surface area contributed by atoms with Crippen LogP contribution in [-0.4, -0.2) is 90.2 Å². The Labute approximate surface area is 294 Å². The number of carbonyl (C=O) groups is 1. The number of methoxy groups -OCH3 is 1. The normalized spacial score (nSPS) is 22.3. The van der Waals surface area contributed by atoms with E-state index in [1.54, 1.807) is 7.11 Å². The van der Waals surface area contributed by atoms with Gasteiger partial charge in [-0.05, 0) is 68.9 Å². The molecule has 11 nitrogen and oxygen atoms in total. The Kier molecular flexibility index (Phi) is 9.96. The summed E-state index contributed by atoms with van der Waals surface area (Å²) in [5.41, 5.74) is 4.41. The van der Waals surface area contributed by atoms with Gasteiger partial charge in [-0.25, -0.2) is 15.0 Å². The Balaban J connectivity index is 1.09. The van der Waals surface area contributed by atoms with Crippen LogP contribution in [0, 0.1) is 6.92 Å². The second-order valence-electron chi connectivity index (χ2n) is 13.6. The van der Waals surface area contributed by atoms with E-state index in [4.69, 9.17) is 21.2 Å². The minimum Gasteiger partial charge on any atom is -0.494 e. The van der Waals surface area contributed by atoms with Gasteiger partial charge in [0.2, 0.25) is 5.91 Å². The molecule has 4 fully saturated rings. The number of hydrogen-bond acceptors (Lipinski definition) is 10. The number of amides is 1. The molecule has 2 aromatic carbocycles. The van der Waals surface area contributed by atoms with Gasteiger partial charge in [0.1, 0.15) is 17.9 Å². The fourth-order valence-corrected chi connectivity index (χ4v) is 7.95. The Morgan fingerprint density at radius 3 is 2.59 bits per heavy atom. The van der Waals surface area contributed by atoms with Gasteiger partial charge in [-0.15, -0.1) is 0 Å². The number of rotatable bonds is 10. The van der Waals surface area contributed by atoms with Crippen molar-refractivity contribution in [2.24, 2.45) is 0 Å². The SMILES string of the molecule is C=CC(=O)Nc1cc(Nc2cc(N3OCCC3c3cccc(Cl)c3C)ncn2)c(OC)cc1N1CCC(N2CCN(C3CC3)C(C)C2)CC1. The smallest absolute Gasteiger partial charge is 0.247 e. The van der Waals surface area contributed by atoms with E-state index in [2.05, 4.69) is 54.9 Å². The first-order valence-electron chi connectivity index (χ1n) is 17.5. The van der Waals surface area contributed by atoms with Crippen molar-refractivity contribution in [1.29, 1.82) is 0 Å². The fraction of sp³-hybridized carbons (Fsp3) is 0.486. The maximum Gasteiger partial charge on any atom is 0.247 e. The highest BCUT2D eigenvalue weighted by atomic mass is 35.5. The van der Waals surface area contributed by atoms with E-state index in [0.717, 1.165) is 73.3 Å². The van der Waals surface area contributed by atoms with Crippen molar-refractivity contribution in [3.63, 3.8) is 0 Å². The van der Waals surface area contributed by atoms with Crippen LogP contribution in [0.3, 0.4) is 0 Å². The van der Waals surface area contributed by atoms with Crippen LogP contribution in [-0.2, 0) is 9.63 Å². The lowest BCUT2D eigenvalue weighted by Gasteiger charge is -2.46. The van der Waals surface area contributed by atoms with Crippen molar-refractivity contribution in [1.82, 2.24) is 19.8 Å². The average molecular weight is 687 g/mol. The van der Waals surface area contributed by atoms with Gasteiger partial charge in [-0.2, -0.15) is 0 Å². The molecule has 12 heteroatoms. The second-order valence-corrected chi connectivity index (χ2v) is 14.0. The summed E-state index contributed by atoms with van der Waals surface area (Å²) in [5.74, 6) is 1.56. The Morgan fingerprint density at radius 2 is 1.86 bits per heavy atom. The van der Waals surface area contributed by atoms with Crippen LogP contribution >= 0.6 is 11.6 Å². The summed E-state index contributed by atoms with van der Waals surface area (Å²) in [4.78, 5) is 35.5. The third kappa shape index (κ3) is 7.21. The molecule has 1 saturated carbocycles. The molecule has 3 saturated heterocycles. The van der Waals surface area contributed by atoms with Crippen LogP contribution in [0.15, 0.2) is 55.4 Å².